The molecule has 3 rings (SSSR count). The van der Waals surface area contributed by atoms with Gasteiger partial charge in [0, 0.05) is 28.3 Å². The molecule has 2 N–H and O–H groups in total. The number of fused-ring (bicyclic) bond motifs is 1. The van der Waals surface area contributed by atoms with Crippen molar-refractivity contribution < 1.29 is 9.13 Å². The molecule has 2 aliphatic heterocycles. The highest BCUT2D eigenvalue weighted by molar-refractivity contribution is 9.10. The molecule has 0 aliphatic carbocycles. The van der Waals surface area contributed by atoms with Crippen LogP contribution in [0.25, 0.3) is 0 Å². The van der Waals surface area contributed by atoms with E-state index in [2.05, 4.69) is 20.9 Å². The highest BCUT2D eigenvalue weighted by Gasteiger charge is 2.47. The van der Waals surface area contributed by atoms with Crippen LogP contribution in [0.5, 0.6) is 0 Å². The third kappa shape index (κ3) is 2.30. The summed E-state index contributed by atoms with van der Waals surface area (Å²) < 4.78 is 20.7. The van der Waals surface area contributed by atoms with E-state index in [9.17, 15) is 4.39 Å². The van der Waals surface area contributed by atoms with E-state index in [-0.39, 0.29) is 11.7 Å². The molecule has 6 heteroatoms. The van der Waals surface area contributed by atoms with Gasteiger partial charge in [-0.2, -0.15) is 0 Å². The van der Waals surface area contributed by atoms with E-state index in [0.29, 0.717) is 23.9 Å². The average Bonchev–Trinajstić information content (AvgIpc) is 2.41. The Morgan fingerprint density at radius 3 is 3.21 bits per heavy atom. The van der Waals surface area contributed by atoms with Gasteiger partial charge < -0.3 is 10.5 Å². The molecule has 1 fully saturated rings. The predicted molar refractivity (Wildman–Crippen MR) is 78.8 cm³/mol. The maximum absolute atomic E-state index is 14.3. The van der Waals surface area contributed by atoms with Crippen molar-refractivity contribution in [3.8, 4) is 0 Å². The molecule has 19 heavy (non-hydrogen) atoms. The average molecular weight is 345 g/mol. The van der Waals surface area contributed by atoms with Crippen LogP contribution in [0.3, 0.4) is 0 Å². The minimum atomic E-state index is -0.665. The lowest BCUT2D eigenvalue weighted by Gasteiger charge is -2.43. The van der Waals surface area contributed by atoms with Crippen molar-refractivity contribution in [2.24, 2.45) is 16.6 Å². The Hall–Kier alpha value is -0.590. The number of amidine groups is 1. The van der Waals surface area contributed by atoms with E-state index < -0.39 is 5.54 Å². The minimum absolute atomic E-state index is 0.248. The molecule has 0 spiro atoms. The number of aliphatic imine (C=N–C) groups is 1. The van der Waals surface area contributed by atoms with Crippen molar-refractivity contribution in [2.45, 2.75) is 12.0 Å². The molecular weight excluding hydrogens is 331 g/mol. The van der Waals surface area contributed by atoms with Crippen molar-refractivity contribution in [2.75, 3.05) is 19.0 Å². The van der Waals surface area contributed by atoms with Crippen molar-refractivity contribution in [1.82, 2.24) is 0 Å². The van der Waals surface area contributed by atoms with E-state index in [1.54, 1.807) is 23.9 Å². The van der Waals surface area contributed by atoms with Gasteiger partial charge >= 0.3 is 0 Å². The van der Waals surface area contributed by atoms with Crippen LogP contribution in [0, 0.1) is 11.7 Å². The Labute approximate surface area is 123 Å². The Kier molecular flexibility index (Phi) is 3.57. The summed E-state index contributed by atoms with van der Waals surface area (Å²) in [5.41, 5.74) is 5.79. The number of nitrogens with zero attached hydrogens (tertiary/aromatic N) is 1. The third-order valence-corrected chi connectivity index (χ3v) is 5.19. The first-order chi connectivity index (χ1) is 9.12. The lowest BCUT2D eigenvalue weighted by molar-refractivity contribution is 0.00299. The Balaban J connectivity index is 2.16. The van der Waals surface area contributed by atoms with E-state index in [1.807, 2.05) is 0 Å². The molecule has 0 saturated carbocycles. The zero-order chi connectivity index (χ0) is 13.5. The second-order valence-corrected chi connectivity index (χ2v) is 6.80. The van der Waals surface area contributed by atoms with Gasteiger partial charge in [-0.05, 0) is 24.6 Å². The molecule has 1 aromatic rings. The fraction of sp³-hybridized carbons (Fsp3) is 0.462. The maximum Gasteiger partial charge on any atom is 0.154 e. The Morgan fingerprint density at radius 2 is 2.37 bits per heavy atom. The van der Waals surface area contributed by atoms with Crippen LogP contribution in [-0.2, 0) is 10.3 Å². The van der Waals surface area contributed by atoms with Gasteiger partial charge in [0.1, 0.15) is 11.4 Å². The van der Waals surface area contributed by atoms with Gasteiger partial charge in [-0.15, -0.1) is 0 Å². The molecule has 3 nitrogen and oxygen atoms in total. The smallest absolute Gasteiger partial charge is 0.154 e. The largest absolute Gasteiger partial charge is 0.379 e. The molecular formula is C13H14BrFN2OS. The molecule has 2 atom stereocenters. The number of benzene rings is 1. The van der Waals surface area contributed by atoms with Crippen LogP contribution in [0.15, 0.2) is 27.7 Å². The number of ether oxygens (including phenoxy) is 1. The van der Waals surface area contributed by atoms with Gasteiger partial charge in [-0.3, -0.25) is 0 Å². The van der Waals surface area contributed by atoms with E-state index in [4.69, 9.17) is 10.5 Å². The van der Waals surface area contributed by atoms with Crippen molar-refractivity contribution in [3.63, 3.8) is 0 Å². The summed E-state index contributed by atoms with van der Waals surface area (Å²) in [7, 11) is 0. The fourth-order valence-corrected chi connectivity index (χ4v) is 4.16. The molecule has 0 radical (unpaired) electrons. The number of hydrogen-bond donors (Lipinski definition) is 1. The molecule has 2 unspecified atom stereocenters. The summed E-state index contributed by atoms with van der Waals surface area (Å²) >= 11 is 4.94. The number of hydrogen-bond acceptors (Lipinski definition) is 4. The van der Waals surface area contributed by atoms with Gasteiger partial charge in [-0.25, -0.2) is 9.38 Å². The first kappa shape index (κ1) is 13.4. The summed E-state index contributed by atoms with van der Waals surface area (Å²) in [5, 5.41) is 0.515. The number of nitrogens with two attached hydrogens (primary N) is 1. The zero-order valence-corrected chi connectivity index (χ0v) is 12.6. The molecule has 1 saturated heterocycles. The minimum Gasteiger partial charge on any atom is -0.379 e. The van der Waals surface area contributed by atoms with Crippen LogP contribution >= 0.6 is 27.7 Å². The van der Waals surface area contributed by atoms with Gasteiger partial charge in [0.25, 0.3) is 0 Å². The fourth-order valence-electron chi connectivity index (χ4n) is 2.76. The van der Waals surface area contributed by atoms with E-state index in [1.165, 1.54) is 6.07 Å². The Bertz CT molecular complexity index is 539. The molecule has 0 aromatic heterocycles. The number of rotatable bonds is 1. The standard InChI is InChI=1S/C13H14BrFN2OS/c14-9-1-2-11(15)10(5-9)13-7-18-4-3-8(13)6-19-12(16)17-13/h1-2,5,8H,3-4,6-7H2,(H2,16,17). The first-order valence-corrected chi connectivity index (χ1v) is 7.91. The molecule has 0 amide bonds. The highest BCUT2D eigenvalue weighted by Crippen LogP contribution is 2.45. The number of halogens is 2. The van der Waals surface area contributed by atoms with Crippen LogP contribution in [0.2, 0.25) is 0 Å². The second kappa shape index (κ2) is 5.07. The van der Waals surface area contributed by atoms with Crippen LogP contribution in [0.4, 0.5) is 4.39 Å². The van der Waals surface area contributed by atoms with Gasteiger partial charge in [0.15, 0.2) is 5.17 Å². The lowest BCUT2D eigenvalue weighted by Crippen LogP contribution is -2.48. The maximum atomic E-state index is 14.3. The topological polar surface area (TPSA) is 47.6 Å². The summed E-state index contributed by atoms with van der Waals surface area (Å²) in [6, 6.07) is 4.95. The van der Waals surface area contributed by atoms with E-state index >= 15 is 0 Å². The summed E-state index contributed by atoms with van der Waals surface area (Å²) in [6.45, 7) is 1.10. The molecule has 102 valence electrons. The monoisotopic (exact) mass is 344 g/mol. The normalized spacial score (nSPS) is 30.6. The number of thioether (sulfide) groups is 1. The van der Waals surface area contributed by atoms with Gasteiger partial charge in [0.05, 0.1) is 6.61 Å². The highest BCUT2D eigenvalue weighted by atomic mass is 79.9. The van der Waals surface area contributed by atoms with Crippen molar-refractivity contribution >= 4 is 32.9 Å². The zero-order valence-electron chi connectivity index (χ0n) is 10.2. The molecule has 2 aliphatic rings. The summed E-state index contributed by atoms with van der Waals surface area (Å²) in [5.74, 6) is 0.884. The Morgan fingerprint density at radius 1 is 1.53 bits per heavy atom. The summed E-state index contributed by atoms with van der Waals surface area (Å²) in [4.78, 5) is 4.58. The quantitative estimate of drug-likeness (QED) is 0.851. The van der Waals surface area contributed by atoms with Crippen LogP contribution in [0.1, 0.15) is 12.0 Å². The van der Waals surface area contributed by atoms with Crippen LogP contribution in [-0.4, -0.2) is 24.1 Å². The molecule has 2 heterocycles. The lowest BCUT2D eigenvalue weighted by atomic mass is 9.76. The summed E-state index contributed by atoms with van der Waals surface area (Å²) in [6.07, 6.45) is 0.885. The van der Waals surface area contributed by atoms with Crippen molar-refractivity contribution in [1.29, 1.82) is 0 Å². The van der Waals surface area contributed by atoms with Gasteiger partial charge in [-0.1, -0.05) is 27.7 Å². The molecule has 1 aromatic carbocycles. The SMILES string of the molecule is NC1=NC2(c3cc(Br)ccc3F)COCCC2CS1. The van der Waals surface area contributed by atoms with Gasteiger partial charge in [0.2, 0.25) is 0 Å². The molecule has 0 bridgehead atoms. The third-order valence-electron chi connectivity index (χ3n) is 3.75. The van der Waals surface area contributed by atoms with Crippen molar-refractivity contribution in [3.05, 3.63) is 34.1 Å². The van der Waals surface area contributed by atoms with E-state index in [0.717, 1.165) is 16.6 Å². The predicted octanol–water partition coefficient (Wildman–Crippen LogP) is 2.88. The second-order valence-electron chi connectivity index (χ2n) is 4.85. The first-order valence-electron chi connectivity index (χ1n) is 6.13. The van der Waals surface area contributed by atoms with Crippen LogP contribution < -0.4 is 5.73 Å².